The molecule has 1 aromatic heterocycles. The Morgan fingerprint density at radius 2 is 2.00 bits per heavy atom. The van der Waals surface area contributed by atoms with Crippen LogP contribution in [0.1, 0.15) is 5.56 Å². The van der Waals surface area contributed by atoms with E-state index in [4.69, 9.17) is 22.7 Å². The number of amides is 1. The van der Waals surface area contributed by atoms with Crippen LogP contribution >= 0.6 is 12.2 Å². The largest absolute Gasteiger partial charge is 0.484 e. The third-order valence-electron chi connectivity index (χ3n) is 2.46. The summed E-state index contributed by atoms with van der Waals surface area (Å²) in [4.78, 5) is 22.8. The molecule has 1 aromatic carbocycles. The van der Waals surface area contributed by atoms with Crippen molar-refractivity contribution < 1.29 is 9.53 Å². The Morgan fingerprint density at radius 3 is 2.57 bits per heavy atom. The lowest BCUT2D eigenvalue weighted by Gasteiger charge is -2.07. The van der Waals surface area contributed by atoms with Crippen LogP contribution in [-0.2, 0) is 4.79 Å². The van der Waals surface area contributed by atoms with Gasteiger partial charge in [0, 0.05) is 11.6 Å². The summed E-state index contributed by atoms with van der Waals surface area (Å²) in [6.45, 7) is -0.187. The molecule has 0 fully saturated rings. The van der Waals surface area contributed by atoms with Gasteiger partial charge in [-0.25, -0.2) is 5.10 Å². The second-order valence-corrected chi connectivity index (χ2v) is 4.47. The maximum atomic E-state index is 11.6. The van der Waals surface area contributed by atoms with Gasteiger partial charge >= 0.3 is 0 Å². The molecule has 1 heterocycles. The number of thiocarbonyl (C=S) groups is 1. The molecule has 0 unspecified atom stereocenters. The molecule has 7 nitrogen and oxygen atoms in total. The summed E-state index contributed by atoms with van der Waals surface area (Å²) < 4.78 is 5.30. The number of hydrogen-bond donors (Lipinski definition) is 3. The van der Waals surface area contributed by atoms with Crippen molar-refractivity contribution in [3.05, 3.63) is 52.3 Å². The van der Waals surface area contributed by atoms with Crippen LogP contribution in [-0.4, -0.2) is 27.7 Å². The Hall–Kier alpha value is -2.74. The second kappa shape index (κ2) is 6.62. The Balaban J connectivity index is 1.87. The molecule has 2 aromatic rings. The van der Waals surface area contributed by atoms with Crippen molar-refractivity contribution in [3.63, 3.8) is 0 Å². The van der Waals surface area contributed by atoms with Crippen LogP contribution in [0.2, 0.25) is 0 Å². The van der Waals surface area contributed by atoms with E-state index >= 15 is 0 Å². The Labute approximate surface area is 125 Å². The van der Waals surface area contributed by atoms with Crippen molar-refractivity contribution in [1.82, 2.24) is 10.2 Å². The first-order valence-electron chi connectivity index (χ1n) is 5.93. The van der Waals surface area contributed by atoms with Gasteiger partial charge in [-0.2, -0.15) is 5.10 Å². The van der Waals surface area contributed by atoms with Gasteiger partial charge in [-0.3, -0.25) is 9.59 Å². The van der Waals surface area contributed by atoms with Crippen LogP contribution in [0, 0.1) is 0 Å². The molecule has 0 aliphatic carbocycles. The van der Waals surface area contributed by atoms with Crippen LogP contribution in [0.25, 0.3) is 0 Å². The fourth-order valence-corrected chi connectivity index (χ4v) is 1.59. The first-order chi connectivity index (χ1) is 10.0. The zero-order valence-electron chi connectivity index (χ0n) is 10.8. The number of carbonyl (C=O) groups excluding carboxylic acids is 1. The summed E-state index contributed by atoms with van der Waals surface area (Å²) in [6, 6.07) is 9.41. The number of aromatic amines is 1. The van der Waals surface area contributed by atoms with E-state index in [9.17, 15) is 9.59 Å². The summed E-state index contributed by atoms with van der Waals surface area (Å²) in [5, 5.41) is 8.34. The van der Waals surface area contributed by atoms with Crippen molar-refractivity contribution in [2.75, 3.05) is 11.9 Å². The minimum Gasteiger partial charge on any atom is -0.484 e. The van der Waals surface area contributed by atoms with Gasteiger partial charge in [-0.1, -0.05) is 12.2 Å². The molecule has 8 heteroatoms. The third kappa shape index (κ3) is 4.39. The molecule has 2 rings (SSSR count). The van der Waals surface area contributed by atoms with E-state index in [1.54, 1.807) is 24.3 Å². The van der Waals surface area contributed by atoms with Gasteiger partial charge in [0.15, 0.2) is 12.4 Å². The minimum absolute atomic E-state index is 0.187. The van der Waals surface area contributed by atoms with Crippen LogP contribution in [0.5, 0.6) is 5.75 Å². The van der Waals surface area contributed by atoms with E-state index in [1.165, 1.54) is 12.1 Å². The van der Waals surface area contributed by atoms with E-state index in [0.717, 1.165) is 5.56 Å². The molecule has 0 radical (unpaired) electrons. The number of ether oxygens (including phenoxy) is 1. The van der Waals surface area contributed by atoms with Gasteiger partial charge in [0.1, 0.15) is 10.7 Å². The van der Waals surface area contributed by atoms with Gasteiger partial charge in [0.05, 0.1) is 0 Å². The van der Waals surface area contributed by atoms with Crippen molar-refractivity contribution in [3.8, 4) is 5.75 Å². The number of nitrogens with one attached hydrogen (secondary N) is 2. The number of H-pyrrole nitrogens is 1. The monoisotopic (exact) mass is 304 g/mol. The SMILES string of the molecule is NC(=S)c1ccc(OCC(=O)Nc2ccc(=O)[nH]n2)cc1. The van der Waals surface area contributed by atoms with Crippen LogP contribution < -0.4 is 21.3 Å². The van der Waals surface area contributed by atoms with Gasteiger partial charge in [0.25, 0.3) is 11.5 Å². The molecule has 0 bridgehead atoms. The normalized spacial score (nSPS) is 9.90. The van der Waals surface area contributed by atoms with Crippen molar-refractivity contribution in [2.45, 2.75) is 0 Å². The predicted molar refractivity (Wildman–Crippen MR) is 81.3 cm³/mol. The molecule has 1 amide bonds. The topological polar surface area (TPSA) is 110 Å². The van der Waals surface area contributed by atoms with E-state index in [0.29, 0.717) is 10.7 Å². The number of aromatic nitrogens is 2. The maximum absolute atomic E-state index is 11.6. The Morgan fingerprint density at radius 1 is 1.29 bits per heavy atom. The molecule has 0 spiro atoms. The molecule has 0 atom stereocenters. The number of nitrogens with two attached hydrogens (primary N) is 1. The molecule has 108 valence electrons. The van der Waals surface area contributed by atoms with E-state index in [1.807, 2.05) is 0 Å². The second-order valence-electron chi connectivity index (χ2n) is 4.03. The highest BCUT2D eigenvalue weighted by molar-refractivity contribution is 7.80. The van der Waals surface area contributed by atoms with E-state index < -0.39 is 5.91 Å². The van der Waals surface area contributed by atoms with Gasteiger partial charge < -0.3 is 15.8 Å². The van der Waals surface area contributed by atoms with E-state index in [2.05, 4.69) is 15.5 Å². The summed E-state index contributed by atoms with van der Waals surface area (Å²) >= 11 is 4.83. The summed E-state index contributed by atoms with van der Waals surface area (Å²) in [6.07, 6.45) is 0. The van der Waals surface area contributed by atoms with Gasteiger partial charge in [0.2, 0.25) is 0 Å². The summed E-state index contributed by atoms with van der Waals surface area (Å²) in [5.74, 6) is 0.361. The third-order valence-corrected chi connectivity index (χ3v) is 2.69. The Kier molecular flexibility index (Phi) is 4.62. The van der Waals surface area contributed by atoms with Crippen molar-refractivity contribution in [1.29, 1.82) is 0 Å². The lowest BCUT2D eigenvalue weighted by Crippen LogP contribution is -2.22. The highest BCUT2D eigenvalue weighted by Crippen LogP contribution is 2.12. The number of nitrogens with zero attached hydrogens (tertiary/aromatic N) is 1. The lowest BCUT2D eigenvalue weighted by atomic mass is 10.2. The molecular formula is C13H12N4O3S. The molecular weight excluding hydrogens is 292 g/mol. The fourth-order valence-electron chi connectivity index (χ4n) is 1.46. The summed E-state index contributed by atoms with van der Waals surface area (Å²) in [5.41, 5.74) is 5.85. The zero-order valence-corrected chi connectivity index (χ0v) is 11.6. The summed E-state index contributed by atoms with van der Waals surface area (Å²) in [7, 11) is 0. The molecule has 0 saturated heterocycles. The highest BCUT2D eigenvalue weighted by Gasteiger charge is 2.05. The number of carbonyl (C=O) groups is 1. The predicted octanol–water partition coefficient (Wildman–Crippen LogP) is 0.422. The Bertz CT molecular complexity index is 692. The van der Waals surface area contributed by atoms with Gasteiger partial charge in [-0.15, -0.1) is 0 Å². The molecule has 21 heavy (non-hydrogen) atoms. The first kappa shape index (κ1) is 14.7. The number of hydrogen-bond acceptors (Lipinski definition) is 5. The zero-order chi connectivity index (χ0) is 15.2. The van der Waals surface area contributed by atoms with Crippen molar-refractivity contribution in [2.24, 2.45) is 5.73 Å². The molecule has 0 aliphatic heterocycles. The molecule has 4 N–H and O–H groups in total. The number of rotatable bonds is 5. The average Bonchev–Trinajstić information content (AvgIpc) is 2.48. The quantitative estimate of drug-likeness (QED) is 0.691. The van der Waals surface area contributed by atoms with Crippen LogP contribution in [0.4, 0.5) is 5.82 Å². The maximum Gasteiger partial charge on any atom is 0.264 e. The van der Waals surface area contributed by atoms with E-state index in [-0.39, 0.29) is 18.0 Å². The fraction of sp³-hybridized carbons (Fsp3) is 0.0769. The minimum atomic E-state index is -0.395. The standard InChI is InChI=1S/C13H12N4O3S/c14-13(21)8-1-3-9(4-2-8)20-7-12(19)15-10-5-6-11(18)17-16-10/h1-6H,7H2,(H2,14,21)(H,17,18)(H,15,16,19). The smallest absolute Gasteiger partial charge is 0.264 e. The lowest BCUT2D eigenvalue weighted by molar-refractivity contribution is -0.118. The highest BCUT2D eigenvalue weighted by atomic mass is 32.1. The first-order valence-corrected chi connectivity index (χ1v) is 6.33. The molecule has 0 aliphatic rings. The average molecular weight is 304 g/mol. The van der Waals surface area contributed by atoms with Crippen LogP contribution in [0.15, 0.2) is 41.2 Å². The molecule has 0 saturated carbocycles. The van der Waals surface area contributed by atoms with Crippen LogP contribution in [0.3, 0.4) is 0 Å². The van der Waals surface area contributed by atoms with Gasteiger partial charge in [-0.05, 0) is 30.3 Å². The number of benzene rings is 1. The number of anilines is 1. The van der Waals surface area contributed by atoms with Crippen molar-refractivity contribution >= 4 is 28.9 Å².